The molecule has 31 heavy (non-hydrogen) atoms. The zero-order chi connectivity index (χ0) is 21.0. The lowest BCUT2D eigenvalue weighted by Crippen LogP contribution is -2.35. The number of nitrogen functional groups attached to an aromatic ring is 1. The summed E-state index contributed by atoms with van der Waals surface area (Å²) in [6.07, 6.45) is 8.94. The molecular weight excluding hydrogens is 390 g/mol. The number of rotatable bonds is 7. The zero-order valence-electron chi connectivity index (χ0n) is 17.4. The Labute approximate surface area is 180 Å². The average Bonchev–Trinajstić information content (AvgIpc) is 3.50. The number of fused-ring (bicyclic) bond motifs is 1. The van der Waals surface area contributed by atoms with Gasteiger partial charge in [-0.05, 0) is 55.8 Å². The van der Waals surface area contributed by atoms with E-state index in [-0.39, 0.29) is 5.92 Å². The van der Waals surface area contributed by atoms with E-state index in [0.717, 1.165) is 49.7 Å². The maximum Gasteiger partial charge on any atom is 0.178 e. The Balaban J connectivity index is 1.27. The van der Waals surface area contributed by atoms with E-state index in [0.29, 0.717) is 23.5 Å². The number of nitrogens with zero attached hydrogens (tertiary/aromatic N) is 6. The Morgan fingerprint density at radius 1 is 1.16 bits per heavy atom. The van der Waals surface area contributed by atoms with Gasteiger partial charge in [-0.25, -0.2) is 19.7 Å². The minimum atomic E-state index is 0.165. The van der Waals surface area contributed by atoms with Gasteiger partial charge in [-0.3, -0.25) is 0 Å². The van der Waals surface area contributed by atoms with E-state index in [2.05, 4.69) is 60.1 Å². The summed E-state index contributed by atoms with van der Waals surface area (Å²) in [5.41, 5.74) is 9.82. The van der Waals surface area contributed by atoms with E-state index in [9.17, 15) is 0 Å². The quantitative estimate of drug-likeness (QED) is 0.422. The fourth-order valence-electron chi connectivity index (χ4n) is 4.72. The maximum absolute atomic E-state index is 6.08. The topological polar surface area (TPSA) is 123 Å². The summed E-state index contributed by atoms with van der Waals surface area (Å²) in [5, 5.41) is 19.2. The van der Waals surface area contributed by atoms with Crippen LogP contribution in [0.25, 0.3) is 11.2 Å². The number of nitrogens with one attached hydrogen (secondary N) is 2. The molecule has 1 atom stereocenters. The molecule has 5 rings (SSSR count). The summed E-state index contributed by atoms with van der Waals surface area (Å²) in [6, 6.07) is 13.5. The number of pyridine rings is 1. The molecule has 1 saturated carbocycles. The maximum atomic E-state index is 6.08. The number of benzene rings is 1. The van der Waals surface area contributed by atoms with Gasteiger partial charge in [0.05, 0.1) is 6.04 Å². The van der Waals surface area contributed by atoms with E-state index in [4.69, 9.17) is 5.73 Å². The van der Waals surface area contributed by atoms with E-state index in [1.54, 1.807) is 6.33 Å². The largest absolute Gasteiger partial charge is 0.384 e. The lowest BCUT2D eigenvalue weighted by atomic mass is 9.87. The number of anilines is 1. The molecule has 0 saturated heterocycles. The summed E-state index contributed by atoms with van der Waals surface area (Å²) >= 11 is 0. The SMILES string of the molecule is Nc1cc(C(CCN[C@H]2CC[C@H](n3cncn3)CC2)c2ccccc2)c2nn[nH]c2n1. The highest BCUT2D eigenvalue weighted by atomic mass is 15.3. The van der Waals surface area contributed by atoms with Crippen molar-refractivity contribution in [3.05, 3.63) is 60.2 Å². The highest BCUT2D eigenvalue weighted by molar-refractivity contribution is 5.77. The Morgan fingerprint density at radius 3 is 2.77 bits per heavy atom. The fourth-order valence-corrected chi connectivity index (χ4v) is 4.72. The van der Waals surface area contributed by atoms with Crippen LogP contribution in [0.4, 0.5) is 5.82 Å². The summed E-state index contributed by atoms with van der Waals surface area (Å²) in [6.45, 7) is 0.916. The minimum absolute atomic E-state index is 0.165. The van der Waals surface area contributed by atoms with Gasteiger partial charge in [-0.15, -0.1) is 5.10 Å². The van der Waals surface area contributed by atoms with Gasteiger partial charge in [0, 0.05) is 12.0 Å². The molecule has 9 nitrogen and oxygen atoms in total. The van der Waals surface area contributed by atoms with Crippen molar-refractivity contribution in [1.29, 1.82) is 0 Å². The van der Waals surface area contributed by atoms with Crippen LogP contribution < -0.4 is 11.1 Å². The first-order chi connectivity index (χ1) is 15.3. The van der Waals surface area contributed by atoms with Crippen LogP contribution in [0.2, 0.25) is 0 Å². The van der Waals surface area contributed by atoms with Crippen LogP contribution in [-0.2, 0) is 0 Å². The standard InChI is InChI=1S/C22H27N9/c23-20-12-19(21-22(27-20)29-30-28-21)18(15-4-2-1-3-5-15)10-11-25-16-6-8-17(9-7-16)31-14-24-13-26-31/h1-5,12-14,16-18,25H,6-11H2,(H3,23,27,28,29,30)/t16-,17-,18?. The van der Waals surface area contributed by atoms with Crippen LogP contribution in [0.1, 0.15) is 55.2 Å². The van der Waals surface area contributed by atoms with Crippen LogP contribution >= 0.6 is 0 Å². The summed E-state index contributed by atoms with van der Waals surface area (Å²) in [4.78, 5) is 8.40. The number of hydrogen-bond donors (Lipinski definition) is 3. The van der Waals surface area contributed by atoms with Crippen molar-refractivity contribution in [3.8, 4) is 0 Å². The molecule has 0 amide bonds. The first-order valence-corrected chi connectivity index (χ1v) is 10.9. The van der Waals surface area contributed by atoms with Gasteiger partial charge in [-0.2, -0.15) is 5.10 Å². The smallest absolute Gasteiger partial charge is 0.178 e. The van der Waals surface area contributed by atoms with E-state index >= 15 is 0 Å². The Hall–Kier alpha value is -3.33. The second kappa shape index (κ2) is 8.81. The molecule has 1 unspecified atom stereocenters. The molecule has 0 radical (unpaired) electrons. The van der Waals surface area contributed by atoms with Crippen molar-refractivity contribution in [2.24, 2.45) is 0 Å². The summed E-state index contributed by atoms with van der Waals surface area (Å²) in [7, 11) is 0. The Bertz CT molecular complexity index is 1100. The van der Waals surface area contributed by atoms with Gasteiger partial charge >= 0.3 is 0 Å². The highest BCUT2D eigenvalue weighted by Gasteiger charge is 2.24. The molecule has 3 heterocycles. The van der Waals surface area contributed by atoms with E-state index in [1.165, 1.54) is 5.56 Å². The first-order valence-electron chi connectivity index (χ1n) is 10.9. The molecule has 160 valence electrons. The molecular formula is C22H27N9. The second-order valence-corrected chi connectivity index (χ2v) is 8.23. The normalized spacial score (nSPS) is 20.1. The zero-order valence-corrected chi connectivity index (χ0v) is 17.4. The highest BCUT2D eigenvalue weighted by Crippen LogP contribution is 2.33. The number of H-pyrrole nitrogens is 1. The Morgan fingerprint density at radius 2 is 2.00 bits per heavy atom. The third kappa shape index (κ3) is 4.27. The van der Waals surface area contributed by atoms with Gasteiger partial charge in [0.1, 0.15) is 24.0 Å². The lowest BCUT2D eigenvalue weighted by Gasteiger charge is -2.29. The third-order valence-electron chi connectivity index (χ3n) is 6.30. The fraction of sp³-hybridized carbons (Fsp3) is 0.409. The molecule has 4 aromatic rings. The van der Waals surface area contributed by atoms with Crippen LogP contribution in [0.5, 0.6) is 0 Å². The number of nitrogens with two attached hydrogens (primary N) is 1. The van der Waals surface area contributed by atoms with Crippen molar-refractivity contribution >= 4 is 17.0 Å². The summed E-state index contributed by atoms with van der Waals surface area (Å²) in [5.74, 6) is 0.645. The van der Waals surface area contributed by atoms with Gasteiger partial charge in [0.2, 0.25) is 0 Å². The Kier molecular flexibility index (Phi) is 5.57. The van der Waals surface area contributed by atoms with Crippen molar-refractivity contribution in [3.63, 3.8) is 0 Å². The molecule has 4 N–H and O–H groups in total. The molecule has 1 fully saturated rings. The molecule has 0 spiro atoms. The predicted octanol–water partition coefficient (Wildman–Crippen LogP) is 2.82. The number of hydrogen-bond acceptors (Lipinski definition) is 7. The first kappa shape index (κ1) is 19.6. The predicted molar refractivity (Wildman–Crippen MR) is 118 cm³/mol. The minimum Gasteiger partial charge on any atom is -0.384 e. The van der Waals surface area contributed by atoms with Crippen LogP contribution in [0, 0.1) is 0 Å². The number of aromatic amines is 1. The third-order valence-corrected chi connectivity index (χ3v) is 6.30. The van der Waals surface area contributed by atoms with Gasteiger partial charge in [-0.1, -0.05) is 35.5 Å². The van der Waals surface area contributed by atoms with E-state index in [1.807, 2.05) is 23.1 Å². The molecule has 3 aromatic heterocycles. The summed E-state index contributed by atoms with van der Waals surface area (Å²) < 4.78 is 2.00. The average molecular weight is 418 g/mol. The van der Waals surface area contributed by atoms with Crippen LogP contribution in [0.15, 0.2) is 49.1 Å². The molecule has 1 aliphatic carbocycles. The van der Waals surface area contributed by atoms with Crippen LogP contribution in [0.3, 0.4) is 0 Å². The monoisotopic (exact) mass is 417 g/mol. The molecule has 0 aliphatic heterocycles. The molecule has 1 aliphatic rings. The lowest BCUT2D eigenvalue weighted by molar-refractivity contribution is 0.275. The van der Waals surface area contributed by atoms with Crippen molar-refractivity contribution in [2.45, 2.75) is 50.1 Å². The van der Waals surface area contributed by atoms with E-state index < -0.39 is 0 Å². The van der Waals surface area contributed by atoms with Crippen molar-refractivity contribution < 1.29 is 0 Å². The van der Waals surface area contributed by atoms with Gasteiger partial charge in [0.15, 0.2) is 5.65 Å². The van der Waals surface area contributed by atoms with Crippen molar-refractivity contribution in [1.82, 2.24) is 40.5 Å². The van der Waals surface area contributed by atoms with Crippen LogP contribution in [-0.4, -0.2) is 47.7 Å². The molecule has 1 aromatic carbocycles. The van der Waals surface area contributed by atoms with Gasteiger partial charge < -0.3 is 11.1 Å². The van der Waals surface area contributed by atoms with Gasteiger partial charge in [0.25, 0.3) is 0 Å². The molecule has 0 bridgehead atoms. The van der Waals surface area contributed by atoms with Crippen molar-refractivity contribution in [2.75, 3.05) is 12.3 Å². The molecule has 9 heteroatoms. The second-order valence-electron chi connectivity index (χ2n) is 8.23. The number of aromatic nitrogens is 7.